The Morgan fingerprint density at radius 1 is 1.25 bits per heavy atom. The van der Waals surface area contributed by atoms with Crippen molar-refractivity contribution >= 4 is 15.9 Å². The minimum atomic E-state index is 0.663. The Balaban J connectivity index is 2.47. The molecule has 0 saturated heterocycles. The van der Waals surface area contributed by atoms with E-state index in [-0.39, 0.29) is 0 Å². The zero-order valence-corrected chi connectivity index (χ0v) is 10.9. The maximum atomic E-state index is 5.64. The summed E-state index contributed by atoms with van der Waals surface area (Å²) >= 11 is 3.50. The van der Waals surface area contributed by atoms with Gasteiger partial charge in [-0.15, -0.1) is 0 Å². The third-order valence-electron chi connectivity index (χ3n) is 2.67. The molecular weight excluding hydrogens is 264 g/mol. The highest BCUT2D eigenvalue weighted by Crippen LogP contribution is 2.25. The highest BCUT2D eigenvalue weighted by Gasteiger charge is 2.06. The van der Waals surface area contributed by atoms with E-state index in [1.165, 1.54) is 17.0 Å². The maximum Gasteiger partial charge on any atom is 0.0483 e. The van der Waals surface area contributed by atoms with Crippen LogP contribution in [0, 0.1) is 6.92 Å². The number of hydrogen-bond donors (Lipinski definition) is 1. The summed E-state index contributed by atoms with van der Waals surface area (Å²) in [5, 5.41) is 0. The van der Waals surface area contributed by atoms with E-state index in [0.717, 1.165) is 11.0 Å². The summed E-state index contributed by atoms with van der Waals surface area (Å²) in [5.74, 6) is 0. The Morgan fingerprint density at radius 3 is 2.75 bits per heavy atom. The lowest BCUT2D eigenvalue weighted by Gasteiger charge is -2.10. The molecule has 0 amide bonds. The second-order valence-electron chi connectivity index (χ2n) is 3.81. The zero-order chi connectivity index (χ0) is 11.5. The van der Waals surface area contributed by atoms with E-state index >= 15 is 0 Å². The smallest absolute Gasteiger partial charge is 0.0483 e. The van der Waals surface area contributed by atoms with E-state index in [1.54, 1.807) is 0 Å². The molecule has 2 N–H and O–H groups in total. The van der Waals surface area contributed by atoms with Gasteiger partial charge in [-0.1, -0.05) is 28.1 Å². The summed E-state index contributed by atoms with van der Waals surface area (Å²) in [6.07, 6.45) is 0. The van der Waals surface area contributed by atoms with Gasteiger partial charge in [0.2, 0.25) is 0 Å². The molecule has 2 nitrogen and oxygen atoms in total. The second kappa shape index (κ2) is 4.85. The Labute approximate surface area is 104 Å². The Kier molecular flexibility index (Phi) is 3.46. The molecule has 0 aliphatic carbocycles. The molecule has 3 heteroatoms. The van der Waals surface area contributed by atoms with Crippen molar-refractivity contribution in [3.63, 3.8) is 0 Å². The molecule has 0 unspecified atom stereocenters. The minimum absolute atomic E-state index is 0.663. The lowest BCUT2D eigenvalue weighted by molar-refractivity contribution is 0.700. The molecule has 1 aromatic carbocycles. The monoisotopic (exact) mass is 278 g/mol. The fraction of sp³-hybridized carbons (Fsp3) is 0.231. The molecule has 0 fully saturated rings. The molecule has 0 atom stereocenters. The molecule has 1 aromatic heterocycles. The van der Waals surface area contributed by atoms with Crippen LogP contribution in [0.4, 0.5) is 0 Å². The van der Waals surface area contributed by atoms with E-state index < -0.39 is 0 Å². The summed E-state index contributed by atoms with van der Waals surface area (Å²) in [7, 11) is 0. The molecule has 0 spiro atoms. The van der Waals surface area contributed by atoms with Gasteiger partial charge in [-0.2, -0.15) is 0 Å². The van der Waals surface area contributed by atoms with Crippen LogP contribution in [0.2, 0.25) is 0 Å². The first-order valence-electron chi connectivity index (χ1n) is 5.34. The van der Waals surface area contributed by atoms with Crippen molar-refractivity contribution in [2.75, 3.05) is 6.54 Å². The summed E-state index contributed by atoms with van der Waals surface area (Å²) in [6, 6.07) is 12.6. The van der Waals surface area contributed by atoms with Crippen LogP contribution < -0.4 is 5.73 Å². The number of benzene rings is 1. The van der Waals surface area contributed by atoms with Crippen LogP contribution in [0.3, 0.4) is 0 Å². The molecule has 0 aliphatic rings. The van der Waals surface area contributed by atoms with Gasteiger partial charge >= 0.3 is 0 Å². The van der Waals surface area contributed by atoms with Gasteiger partial charge in [-0.25, -0.2) is 0 Å². The molecule has 16 heavy (non-hydrogen) atoms. The van der Waals surface area contributed by atoms with Crippen LogP contribution in [0.15, 0.2) is 40.9 Å². The van der Waals surface area contributed by atoms with Crippen LogP contribution in [0.1, 0.15) is 5.69 Å². The standard InChI is InChI=1S/C13H15BrN2/c1-10-5-6-13(16(10)8-7-15)11-3-2-4-12(14)9-11/h2-6,9H,7-8,15H2,1H3. The summed E-state index contributed by atoms with van der Waals surface area (Å²) in [4.78, 5) is 0. The van der Waals surface area contributed by atoms with Crippen molar-refractivity contribution in [3.05, 3.63) is 46.6 Å². The molecule has 2 rings (SSSR count). The maximum absolute atomic E-state index is 5.64. The molecule has 84 valence electrons. The van der Waals surface area contributed by atoms with E-state index in [4.69, 9.17) is 5.73 Å². The zero-order valence-electron chi connectivity index (χ0n) is 9.28. The third kappa shape index (κ3) is 2.20. The quantitative estimate of drug-likeness (QED) is 0.919. The number of aryl methyl sites for hydroxylation is 1. The van der Waals surface area contributed by atoms with Crippen molar-refractivity contribution in [3.8, 4) is 11.3 Å². The Hall–Kier alpha value is -1.06. The van der Waals surface area contributed by atoms with Crippen molar-refractivity contribution in [2.24, 2.45) is 5.73 Å². The first-order chi connectivity index (χ1) is 7.72. The summed E-state index contributed by atoms with van der Waals surface area (Å²) in [5.41, 5.74) is 9.33. The van der Waals surface area contributed by atoms with Crippen molar-refractivity contribution in [2.45, 2.75) is 13.5 Å². The van der Waals surface area contributed by atoms with Gasteiger partial charge in [-0.3, -0.25) is 0 Å². The van der Waals surface area contributed by atoms with Crippen LogP contribution in [0.25, 0.3) is 11.3 Å². The largest absolute Gasteiger partial charge is 0.344 e. The second-order valence-corrected chi connectivity index (χ2v) is 4.73. The van der Waals surface area contributed by atoms with E-state index in [9.17, 15) is 0 Å². The highest BCUT2D eigenvalue weighted by molar-refractivity contribution is 9.10. The average molecular weight is 279 g/mol. The van der Waals surface area contributed by atoms with Gasteiger partial charge in [0.15, 0.2) is 0 Å². The first kappa shape index (κ1) is 11.4. The highest BCUT2D eigenvalue weighted by atomic mass is 79.9. The predicted molar refractivity (Wildman–Crippen MR) is 71.4 cm³/mol. The van der Waals surface area contributed by atoms with Crippen LogP contribution in [0.5, 0.6) is 0 Å². The average Bonchev–Trinajstić information content (AvgIpc) is 2.61. The molecule has 0 aliphatic heterocycles. The predicted octanol–water partition coefficient (Wildman–Crippen LogP) is 3.18. The van der Waals surface area contributed by atoms with Gasteiger partial charge in [-0.05, 0) is 36.8 Å². The van der Waals surface area contributed by atoms with Gasteiger partial charge in [0.25, 0.3) is 0 Å². The summed E-state index contributed by atoms with van der Waals surface area (Å²) in [6.45, 7) is 3.63. The fourth-order valence-electron chi connectivity index (χ4n) is 1.90. The van der Waals surface area contributed by atoms with Crippen molar-refractivity contribution in [1.82, 2.24) is 4.57 Å². The van der Waals surface area contributed by atoms with Gasteiger partial charge in [0.1, 0.15) is 0 Å². The molecule has 1 heterocycles. The molecule has 0 bridgehead atoms. The lowest BCUT2D eigenvalue weighted by Crippen LogP contribution is -2.11. The van der Waals surface area contributed by atoms with Gasteiger partial charge < -0.3 is 10.3 Å². The first-order valence-corrected chi connectivity index (χ1v) is 6.14. The van der Waals surface area contributed by atoms with Crippen LogP contribution in [-0.2, 0) is 6.54 Å². The van der Waals surface area contributed by atoms with Gasteiger partial charge in [0, 0.05) is 29.0 Å². The van der Waals surface area contributed by atoms with Crippen LogP contribution in [-0.4, -0.2) is 11.1 Å². The van der Waals surface area contributed by atoms with E-state index in [1.807, 2.05) is 6.07 Å². The fourth-order valence-corrected chi connectivity index (χ4v) is 2.29. The van der Waals surface area contributed by atoms with Gasteiger partial charge in [0.05, 0.1) is 0 Å². The van der Waals surface area contributed by atoms with Crippen molar-refractivity contribution < 1.29 is 0 Å². The summed E-state index contributed by atoms with van der Waals surface area (Å²) < 4.78 is 3.35. The lowest BCUT2D eigenvalue weighted by atomic mass is 10.1. The SMILES string of the molecule is Cc1ccc(-c2cccc(Br)c2)n1CCN. The number of rotatable bonds is 3. The number of halogens is 1. The van der Waals surface area contributed by atoms with Crippen molar-refractivity contribution in [1.29, 1.82) is 0 Å². The molecule has 2 aromatic rings. The molecule has 0 radical (unpaired) electrons. The molecule has 0 saturated carbocycles. The third-order valence-corrected chi connectivity index (χ3v) is 3.17. The normalized spacial score (nSPS) is 10.7. The van der Waals surface area contributed by atoms with Crippen LogP contribution >= 0.6 is 15.9 Å². The number of aromatic nitrogens is 1. The number of hydrogen-bond acceptors (Lipinski definition) is 1. The Morgan fingerprint density at radius 2 is 2.06 bits per heavy atom. The number of nitrogens with zero attached hydrogens (tertiary/aromatic N) is 1. The Bertz CT molecular complexity index is 488. The number of nitrogens with two attached hydrogens (primary N) is 1. The molecular formula is C13H15BrN2. The van der Waals surface area contributed by atoms with E-state index in [0.29, 0.717) is 6.54 Å². The van der Waals surface area contributed by atoms with E-state index in [2.05, 4.69) is 57.8 Å². The topological polar surface area (TPSA) is 30.9 Å². The minimum Gasteiger partial charge on any atom is -0.344 e.